The summed E-state index contributed by atoms with van der Waals surface area (Å²) in [6.45, 7) is 0.237. The molecule has 2 atom stereocenters. The quantitative estimate of drug-likeness (QED) is 0.210. The number of rotatable bonds is 9. The molecule has 0 spiro atoms. The van der Waals surface area contributed by atoms with Crippen molar-refractivity contribution in [3.8, 4) is 5.88 Å². The van der Waals surface area contributed by atoms with E-state index in [1.807, 2.05) is 12.2 Å². The number of aromatic nitrogens is 4. The largest absolute Gasteiger partial charge is 0.475 e. The molecule has 3 rings (SSSR count). The van der Waals surface area contributed by atoms with E-state index in [0.717, 1.165) is 0 Å². The number of nitrogens with two attached hydrogens (primary N) is 2. The van der Waals surface area contributed by atoms with Crippen molar-refractivity contribution in [2.45, 2.75) is 12.5 Å². The van der Waals surface area contributed by atoms with Crippen molar-refractivity contribution >= 4 is 65.1 Å². The summed E-state index contributed by atoms with van der Waals surface area (Å²) in [7, 11) is 0. The van der Waals surface area contributed by atoms with Crippen molar-refractivity contribution in [3.63, 3.8) is 0 Å². The maximum absolute atomic E-state index is 10.8. The van der Waals surface area contributed by atoms with Gasteiger partial charge in [0, 0.05) is 12.0 Å². The van der Waals surface area contributed by atoms with Crippen LogP contribution in [0.2, 0.25) is 10.3 Å². The third-order valence-corrected chi connectivity index (χ3v) is 4.61. The molecule has 2 aromatic heterocycles. The van der Waals surface area contributed by atoms with Gasteiger partial charge in [0.2, 0.25) is 30.6 Å². The highest BCUT2D eigenvalue weighted by atomic mass is 35.5. The van der Waals surface area contributed by atoms with Gasteiger partial charge >= 0.3 is 0 Å². The number of nitrogens with zero attached hydrogens (tertiary/aromatic N) is 4. The highest BCUT2D eigenvalue weighted by Crippen LogP contribution is 2.32. The lowest BCUT2D eigenvalue weighted by Gasteiger charge is -2.18. The van der Waals surface area contributed by atoms with Crippen LogP contribution in [0.3, 0.4) is 0 Å². The highest BCUT2D eigenvalue weighted by Gasteiger charge is 2.23. The van der Waals surface area contributed by atoms with Gasteiger partial charge in [0.05, 0.1) is 6.61 Å². The Morgan fingerprint density at radius 3 is 2.33 bits per heavy atom. The lowest BCUT2D eigenvalue weighted by molar-refractivity contribution is -0.106. The minimum Gasteiger partial charge on any atom is -0.475 e. The molecule has 0 fully saturated rings. The van der Waals surface area contributed by atoms with E-state index in [1.165, 1.54) is 0 Å². The lowest BCUT2D eigenvalue weighted by Crippen LogP contribution is -2.20. The van der Waals surface area contributed by atoms with Crippen LogP contribution in [0.15, 0.2) is 12.2 Å². The summed E-state index contributed by atoms with van der Waals surface area (Å²) in [6, 6.07) is -0.136. The zero-order valence-electron chi connectivity index (χ0n) is 15.3. The van der Waals surface area contributed by atoms with Gasteiger partial charge in [0.25, 0.3) is 0 Å². The lowest BCUT2D eigenvalue weighted by atomic mass is 10.1. The first kappa shape index (κ1) is 21.3. The first-order chi connectivity index (χ1) is 14.4. The number of amides is 2. The summed E-state index contributed by atoms with van der Waals surface area (Å²) >= 11 is 12.0. The molecular formula is C16H17Cl2N9O3. The average Bonchev–Trinajstić information content (AvgIpc) is 3.12. The summed E-state index contributed by atoms with van der Waals surface area (Å²) in [5.41, 5.74) is 11.6. The van der Waals surface area contributed by atoms with Crippen LogP contribution in [0.5, 0.6) is 5.88 Å². The molecule has 1 aliphatic carbocycles. The summed E-state index contributed by atoms with van der Waals surface area (Å²) in [6.07, 6.45) is 5.39. The van der Waals surface area contributed by atoms with Crippen LogP contribution >= 0.6 is 23.2 Å². The topological polar surface area (TPSA) is 183 Å². The number of hydrogen-bond acceptors (Lipinski definition) is 10. The number of carbonyl (C=O) groups excluding carboxylic acids is 2. The first-order valence-electron chi connectivity index (χ1n) is 8.55. The molecule has 0 radical (unpaired) electrons. The molecular weight excluding hydrogens is 437 g/mol. The molecule has 2 unspecified atom stereocenters. The predicted molar refractivity (Wildman–Crippen MR) is 112 cm³/mol. The Morgan fingerprint density at radius 2 is 1.63 bits per heavy atom. The maximum atomic E-state index is 10.8. The SMILES string of the molecule is Nc1nc(Cl)c(NC=O)c(NC2C=CC(COc3nc(N)nc(Cl)c3NC=O)C2)n1. The van der Waals surface area contributed by atoms with Crippen molar-refractivity contribution < 1.29 is 14.3 Å². The second-order valence-corrected chi connectivity index (χ2v) is 6.83. The van der Waals surface area contributed by atoms with Gasteiger partial charge in [-0.3, -0.25) is 9.59 Å². The van der Waals surface area contributed by atoms with Crippen molar-refractivity contribution in [2.75, 3.05) is 34.0 Å². The minimum atomic E-state index is -0.136. The van der Waals surface area contributed by atoms with Crippen LogP contribution in [-0.2, 0) is 9.59 Å². The van der Waals surface area contributed by atoms with Gasteiger partial charge in [0.15, 0.2) is 16.1 Å². The molecule has 0 saturated heterocycles. The van der Waals surface area contributed by atoms with E-state index in [1.54, 1.807) is 0 Å². The Labute approximate surface area is 180 Å². The van der Waals surface area contributed by atoms with Crippen molar-refractivity contribution in [2.24, 2.45) is 5.92 Å². The van der Waals surface area contributed by atoms with Crippen LogP contribution < -0.4 is 32.2 Å². The van der Waals surface area contributed by atoms with Gasteiger partial charge in [-0.2, -0.15) is 19.9 Å². The molecule has 2 aromatic rings. The fourth-order valence-corrected chi connectivity index (χ4v) is 3.27. The molecule has 14 heteroatoms. The number of ether oxygens (including phenoxy) is 1. The minimum absolute atomic E-state index is 0.00122. The standard InChI is InChI=1S/C16H17Cl2N9O3/c17-11-9(21-5-28)13(26-15(19)24-11)23-8-2-1-7(3-8)4-30-14-10(22-6-29)12(18)25-16(20)27-14/h1-2,5-8H,3-4H2,(H,21,28)(H,22,29)(H2,20,25,27)(H3,19,23,24,26). The number of anilines is 5. The Bertz CT molecular complexity index is 989. The average molecular weight is 454 g/mol. The normalized spacial score (nSPS) is 17.4. The Balaban J connectivity index is 1.65. The number of carbonyl (C=O) groups is 2. The molecule has 2 heterocycles. The van der Waals surface area contributed by atoms with Crippen LogP contribution in [-0.4, -0.2) is 45.4 Å². The van der Waals surface area contributed by atoms with Gasteiger partial charge in [-0.15, -0.1) is 0 Å². The smallest absolute Gasteiger partial charge is 0.244 e. The molecule has 1 aliphatic rings. The van der Waals surface area contributed by atoms with E-state index in [0.29, 0.717) is 25.1 Å². The zero-order chi connectivity index (χ0) is 21.7. The van der Waals surface area contributed by atoms with Crippen molar-refractivity contribution in [3.05, 3.63) is 22.5 Å². The monoisotopic (exact) mass is 453 g/mol. The summed E-state index contributed by atoms with van der Waals surface area (Å²) in [4.78, 5) is 37.2. The third-order valence-electron chi connectivity index (χ3n) is 4.07. The number of nitrogens with one attached hydrogen (secondary N) is 3. The van der Waals surface area contributed by atoms with Crippen LogP contribution in [0.1, 0.15) is 6.42 Å². The Morgan fingerprint density at radius 1 is 1.00 bits per heavy atom. The van der Waals surface area contributed by atoms with E-state index in [2.05, 4.69) is 35.9 Å². The second kappa shape index (κ2) is 9.41. The molecule has 12 nitrogen and oxygen atoms in total. The molecule has 2 amide bonds. The van der Waals surface area contributed by atoms with Gasteiger partial charge in [0.1, 0.15) is 11.4 Å². The van der Waals surface area contributed by atoms with E-state index < -0.39 is 0 Å². The number of hydrogen-bond donors (Lipinski definition) is 5. The first-order valence-corrected chi connectivity index (χ1v) is 9.31. The number of halogens is 2. The van der Waals surface area contributed by atoms with Crippen LogP contribution in [0, 0.1) is 5.92 Å². The third kappa shape index (κ3) is 4.96. The predicted octanol–water partition coefficient (Wildman–Crippen LogP) is 1.31. The van der Waals surface area contributed by atoms with Crippen LogP contribution in [0.4, 0.5) is 29.1 Å². The maximum Gasteiger partial charge on any atom is 0.244 e. The molecule has 158 valence electrons. The molecule has 0 aliphatic heterocycles. The van der Waals surface area contributed by atoms with E-state index in [4.69, 9.17) is 39.4 Å². The molecule has 30 heavy (non-hydrogen) atoms. The summed E-state index contributed by atoms with van der Waals surface area (Å²) in [5.74, 6) is 0.246. The van der Waals surface area contributed by atoms with Gasteiger partial charge in [-0.05, 0) is 6.42 Å². The zero-order valence-corrected chi connectivity index (χ0v) is 16.8. The number of nitrogen functional groups attached to an aromatic ring is 2. The van der Waals surface area contributed by atoms with Gasteiger partial charge in [-0.1, -0.05) is 35.4 Å². The Hall–Kier alpha value is -3.38. The second-order valence-electron chi connectivity index (χ2n) is 6.12. The Kier molecular flexibility index (Phi) is 6.69. The molecule has 0 saturated carbocycles. The summed E-state index contributed by atoms with van der Waals surface area (Å²) in [5, 5.41) is 7.99. The van der Waals surface area contributed by atoms with Crippen molar-refractivity contribution in [1.82, 2.24) is 19.9 Å². The van der Waals surface area contributed by atoms with Gasteiger partial charge in [-0.25, -0.2) is 0 Å². The van der Waals surface area contributed by atoms with Gasteiger partial charge < -0.3 is 32.2 Å². The molecule has 7 N–H and O–H groups in total. The molecule has 0 bridgehead atoms. The van der Waals surface area contributed by atoms with E-state index >= 15 is 0 Å². The summed E-state index contributed by atoms with van der Waals surface area (Å²) < 4.78 is 5.69. The molecule has 0 aromatic carbocycles. The van der Waals surface area contributed by atoms with E-state index in [9.17, 15) is 9.59 Å². The fourth-order valence-electron chi connectivity index (χ4n) is 2.82. The van der Waals surface area contributed by atoms with Crippen LogP contribution in [0.25, 0.3) is 0 Å². The fraction of sp³-hybridized carbons (Fsp3) is 0.250. The van der Waals surface area contributed by atoms with E-state index in [-0.39, 0.29) is 58.0 Å². The highest BCUT2D eigenvalue weighted by molar-refractivity contribution is 6.33. The van der Waals surface area contributed by atoms with Crippen molar-refractivity contribution in [1.29, 1.82) is 0 Å².